The van der Waals surface area contributed by atoms with Crippen LogP contribution in [-0.4, -0.2) is 0 Å². The summed E-state index contributed by atoms with van der Waals surface area (Å²) in [4.78, 5) is 0. The number of benzene rings is 2. The van der Waals surface area contributed by atoms with Crippen molar-refractivity contribution in [1.82, 2.24) is 0 Å². The van der Waals surface area contributed by atoms with Crippen LogP contribution in [0.15, 0.2) is 42.5 Å². The highest BCUT2D eigenvalue weighted by molar-refractivity contribution is 14.1. The average molecular weight is 362 g/mol. The second-order valence-corrected chi connectivity index (χ2v) is 5.73. The third-order valence-electron chi connectivity index (χ3n) is 3.07. The maximum absolute atomic E-state index is 8.93. The Morgan fingerprint density at radius 2 is 2.00 bits per heavy atom. The van der Waals surface area contributed by atoms with Gasteiger partial charge in [0.1, 0.15) is 0 Å². The Labute approximate surface area is 127 Å². The zero-order chi connectivity index (χ0) is 13.8. The van der Waals surface area contributed by atoms with Crippen molar-refractivity contribution in [1.29, 1.82) is 5.26 Å². The van der Waals surface area contributed by atoms with Gasteiger partial charge < -0.3 is 5.32 Å². The normalized spacial score (nSPS) is 11.7. The summed E-state index contributed by atoms with van der Waals surface area (Å²) >= 11 is 2.34. The van der Waals surface area contributed by atoms with E-state index in [0.29, 0.717) is 5.56 Å². The number of aryl methyl sites for hydroxylation is 1. The molecule has 1 atom stereocenters. The lowest BCUT2D eigenvalue weighted by molar-refractivity contribution is 0.883. The molecule has 1 N–H and O–H groups in total. The van der Waals surface area contributed by atoms with Crippen molar-refractivity contribution >= 4 is 28.3 Å². The lowest BCUT2D eigenvalue weighted by Crippen LogP contribution is -2.07. The van der Waals surface area contributed by atoms with Crippen molar-refractivity contribution in [3.63, 3.8) is 0 Å². The molecule has 96 valence electrons. The fraction of sp³-hybridized carbons (Fsp3) is 0.188. The summed E-state index contributed by atoms with van der Waals surface area (Å²) in [6, 6.07) is 16.4. The lowest BCUT2D eigenvalue weighted by Gasteiger charge is -2.16. The summed E-state index contributed by atoms with van der Waals surface area (Å²) in [5.41, 5.74) is 4.20. The molecular weight excluding hydrogens is 347 g/mol. The van der Waals surface area contributed by atoms with Gasteiger partial charge in [0.25, 0.3) is 0 Å². The van der Waals surface area contributed by atoms with Gasteiger partial charge in [-0.25, -0.2) is 0 Å². The number of halogens is 1. The molecule has 2 aromatic carbocycles. The highest BCUT2D eigenvalue weighted by Crippen LogP contribution is 2.22. The zero-order valence-electron chi connectivity index (χ0n) is 10.9. The van der Waals surface area contributed by atoms with Gasteiger partial charge in [0.05, 0.1) is 11.6 Å². The van der Waals surface area contributed by atoms with Gasteiger partial charge >= 0.3 is 0 Å². The van der Waals surface area contributed by atoms with Crippen molar-refractivity contribution in [2.75, 3.05) is 5.32 Å². The van der Waals surface area contributed by atoms with E-state index in [2.05, 4.69) is 66.0 Å². The third-order valence-corrected chi connectivity index (χ3v) is 4.23. The monoisotopic (exact) mass is 362 g/mol. The van der Waals surface area contributed by atoms with Gasteiger partial charge in [0, 0.05) is 15.3 Å². The van der Waals surface area contributed by atoms with Crippen molar-refractivity contribution in [2.24, 2.45) is 0 Å². The van der Waals surface area contributed by atoms with E-state index in [-0.39, 0.29) is 6.04 Å². The van der Waals surface area contributed by atoms with Crippen LogP contribution in [0, 0.1) is 21.8 Å². The van der Waals surface area contributed by atoms with Crippen LogP contribution >= 0.6 is 22.6 Å². The molecule has 0 bridgehead atoms. The first kappa shape index (κ1) is 13.9. The second kappa shape index (κ2) is 6.07. The van der Waals surface area contributed by atoms with E-state index in [4.69, 9.17) is 5.26 Å². The Kier molecular flexibility index (Phi) is 4.43. The predicted molar refractivity (Wildman–Crippen MR) is 87.1 cm³/mol. The van der Waals surface area contributed by atoms with Gasteiger partial charge in [0.15, 0.2) is 0 Å². The smallest absolute Gasteiger partial charge is 0.0991 e. The molecule has 0 amide bonds. The van der Waals surface area contributed by atoms with Gasteiger partial charge in [0.2, 0.25) is 0 Å². The molecule has 3 heteroatoms. The summed E-state index contributed by atoms with van der Waals surface area (Å²) < 4.78 is 1.25. The van der Waals surface area contributed by atoms with Crippen LogP contribution in [-0.2, 0) is 0 Å². The van der Waals surface area contributed by atoms with Gasteiger partial charge in [-0.1, -0.05) is 18.2 Å². The van der Waals surface area contributed by atoms with Crippen molar-refractivity contribution in [3.8, 4) is 6.07 Å². The number of rotatable bonds is 3. The first-order chi connectivity index (χ1) is 9.10. The van der Waals surface area contributed by atoms with E-state index in [9.17, 15) is 0 Å². The van der Waals surface area contributed by atoms with E-state index in [1.165, 1.54) is 9.13 Å². The number of hydrogen-bond donors (Lipinski definition) is 1. The second-order valence-electron chi connectivity index (χ2n) is 4.57. The summed E-state index contributed by atoms with van der Waals surface area (Å²) in [6.45, 7) is 4.20. The molecule has 2 rings (SSSR count). The predicted octanol–water partition coefficient (Wildman–Crippen LogP) is 4.64. The number of nitriles is 1. The summed E-state index contributed by atoms with van der Waals surface area (Å²) in [5, 5.41) is 12.4. The Morgan fingerprint density at radius 3 is 2.68 bits per heavy atom. The standard InChI is InChI=1S/C16H15IN2/c1-11-6-7-15(9-16(11)17)19-12(2)14-5-3-4-13(8-14)10-18/h3-9,12,19H,1-2H3. The van der Waals surface area contributed by atoms with Gasteiger partial charge in [-0.2, -0.15) is 5.26 Å². The number of nitrogens with one attached hydrogen (secondary N) is 1. The van der Waals surface area contributed by atoms with E-state index in [1.54, 1.807) is 0 Å². The number of hydrogen-bond acceptors (Lipinski definition) is 2. The molecule has 0 radical (unpaired) electrons. The molecule has 19 heavy (non-hydrogen) atoms. The van der Waals surface area contributed by atoms with Crippen LogP contribution in [0.2, 0.25) is 0 Å². The summed E-state index contributed by atoms with van der Waals surface area (Å²) in [5.74, 6) is 0. The third kappa shape index (κ3) is 3.48. The fourth-order valence-electron chi connectivity index (χ4n) is 1.89. The average Bonchev–Trinajstić information content (AvgIpc) is 2.43. The SMILES string of the molecule is Cc1ccc(NC(C)c2cccc(C#N)c2)cc1I. The molecule has 0 fully saturated rings. The Hall–Kier alpha value is -1.54. The number of nitrogens with zero attached hydrogens (tertiary/aromatic N) is 1. The van der Waals surface area contributed by atoms with Crippen LogP contribution in [0.25, 0.3) is 0 Å². The first-order valence-electron chi connectivity index (χ1n) is 6.13. The highest BCUT2D eigenvalue weighted by Gasteiger charge is 2.06. The molecule has 1 unspecified atom stereocenters. The molecule has 0 saturated carbocycles. The van der Waals surface area contributed by atoms with Crippen LogP contribution in [0.4, 0.5) is 5.69 Å². The van der Waals surface area contributed by atoms with Crippen LogP contribution in [0.3, 0.4) is 0 Å². The van der Waals surface area contributed by atoms with Gasteiger partial charge in [-0.15, -0.1) is 0 Å². The van der Waals surface area contributed by atoms with Crippen molar-refractivity contribution in [2.45, 2.75) is 19.9 Å². The molecule has 2 aromatic rings. The minimum Gasteiger partial charge on any atom is -0.378 e. The molecule has 0 saturated heterocycles. The topological polar surface area (TPSA) is 35.8 Å². The Morgan fingerprint density at radius 1 is 1.21 bits per heavy atom. The molecule has 0 spiro atoms. The number of anilines is 1. The van der Waals surface area contributed by atoms with Crippen LogP contribution in [0.1, 0.15) is 29.7 Å². The lowest BCUT2D eigenvalue weighted by atomic mass is 10.1. The molecule has 0 aliphatic rings. The van der Waals surface area contributed by atoms with E-state index >= 15 is 0 Å². The van der Waals surface area contributed by atoms with Gasteiger partial charge in [-0.3, -0.25) is 0 Å². The quantitative estimate of drug-likeness (QED) is 0.808. The molecule has 0 aromatic heterocycles. The summed E-state index contributed by atoms with van der Waals surface area (Å²) in [6.07, 6.45) is 0. The Bertz CT molecular complexity index is 629. The van der Waals surface area contributed by atoms with E-state index in [0.717, 1.165) is 11.3 Å². The van der Waals surface area contributed by atoms with Crippen LogP contribution < -0.4 is 5.32 Å². The molecule has 0 aliphatic carbocycles. The van der Waals surface area contributed by atoms with E-state index < -0.39 is 0 Å². The molecule has 0 heterocycles. The minimum atomic E-state index is 0.173. The molecular formula is C16H15IN2. The Balaban J connectivity index is 2.18. The fourth-order valence-corrected chi connectivity index (χ4v) is 2.41. The van der Waals surface area contributed by atoms with Gasteiger partial charge in [-0.05, 0) is 71.8 Å². The maximum atomic E-state index is 8.93. The largest absolute Gasteiger partial charge is 0.378 e. The van der Waals surface area contributed by atoms with Crippen molar-refractivity contribution in [3.05, 3.63) is 62.7 Å². The van der Waals surface area contributed by atoms with Crippen LogP contribution in [0.5, 0.6) is 0 Å². The summed E-state index contributed by atoms with van der Waals surface area (Å²) in [7, 11) is 0. The molecule has 0 aliphatic heterocycles. The zero-order valence-corrected chi connectivity index (χ0v) is 13.1. The van der Waals surface area contributed by atoms with Crippen molar-refractivity contribution < 1.29 is 0 Å². The van der Waals surface area contributed by atoms with E-state index in [1.807, 2.05) is 24.3 Å². The first-order valence-corrected chi connectivity index (χ1v) is 7.21. The minimum absolute atomic E-state index is 0.173. The highest BCUT2D eigenvalue weighted by atomic mass is 127. The maximum Gasteiger partial charge on any atom is 0.0991 e. The molecule has 2 nitrogen and oxygen atoms in total.